The molecule has 0 heterocycles. The van der Waals surface area contributed by atoms with Crippen LogP contribution in [0.2, 0.25) is 0 Å². The number of hydrogen-bond donors (Lipinski definition) is 1. The molecule has 0 radical (unpaired) electrons. The van der Waals surface area contributed by atoms with E-state index in [0.717, 1.165) is 18.7 Å². The zero-order valence-corrected chi connectivity index (χ0v) is 11.0. The summed E-state index contributed by atoms with van der Waals surface area (Å²) in [5.74, 6) is 0.968. The molecule has 0 atom stereocenters. The van der Waals surface area contributed by atoms with E-state index in [1.807, 2.05) is 18.2 Å². The minimum absolute atomic E-state index is 0.525. The van der Waals surface area contributed by atoms with Gasteiger partial charge in [-0.15, -0.1) is 0 Å². The lowest BCUT2D eigenvalue weighted by atomic mass is 10.1. The van der Waals surface area contributed by atoms with E-state index in [1.54, 1.807) is 7.11 Å². The highest BCUT2D eigenvalue weighted by Gasteiger charge is 2.02. The molecule has 0 saturated heterocycles. The van der Waals surface area contributed by atoms with Crippen molar-refractivity contribution in [3.63, 3.8) is 0 Å². The number of para-hydroxylation sites is 1. The molecule has 17 heavy (non-hydrogen) atoms. The third-order valence-electron chi connectivity index (χ3n) is 2.46. The van der Waals surface area contributed by atoms with Crippen LogP contribution in [-0.2, 0) is 11.2 Å². The van der Waals surface area contributed by atoms with Gasteiger partial charge in [0, 0.05) is 13.2 Å². The molecular formula is C14H23NO2. The summed E-state index contributed by atoms with van der Waals surface area (Å²) in [5, 5.41) is 3.41. The largest absolute Gasteiger partial charge is 0.491 e. The summed E-state index contributed by atoms with van der Waals surface area (Å²) >= 11 is 0. The Hall–Kier alpha value is -1.06. The van der Waals surface area contributed by atoms with Crippen LogP contribution in [0.3, 0.4) is 0 Å². The second-order valence-electron chi connectivity index (χ2n) is 4.31. The van der Waals surface area contributed by atoms with E-state index < -0.39 is 0 Å². The van der Waals surface area contributed by atoms with Gasteiger partial charge in [0.2, 0.25) is 0 Å². The minimum atomic E-state index is 0.525. The first kappa shape index (κ1) is 14.0. The molecule has 0 aromatic heterocycles. The fourth-order valence-corrected chi connectivity index (χ4v) is 1.58. The van der Waals surface area contributed by atoms with Gasteiger partial charge in [-0.05, 0) is 24.6 Å². The van der Waals surface area contributed by atoms with Crippen LogP contribution in [0.1, 0.15) is 19.4 Å². The number of hydrogen-bond acceptors (Lipinski definition) is 3. The summed E-state index contributed by atoms with van der Waals surface area (Å²) in [6, 6.07) is 8.71. The zero-order chi connectivity index (χ0) is 12.5. The van der Waals surface area contributed by atoms with Crippen LogP contribution in [-0.4, -0.2) is 32.9 Å². The zero-order valence-electron chi connectivity index (χ0n) is 11.0. The Bertz CT molecular complexity index is 313. The van der Waals surface area contributed by atoms with E-state index >= 15 is 0 Å². The molecule has 0 unspecified atom stereocenters. The third-order valence-corrected chi connectivity index (χ3v) is 2.46. The highest BCUT2D eigenvalue weighted by atomic mass is 16.5. The second-order valence-corrected chi connectivity index (χ2v) is 4.31. The SMILES string of the molecule is COCCOc1ccccc1CCNC(C)C. The van der Waals surface area contributed by atoms with E-state index in [-0.39, 0.29) is 0 Å². The molecule has 3 nitrogen and oxygen atoms in total. The lowest BCUT2D eigenvalue weighted by Gasteiger charge is -2.12. The van der Waals surface area contributed by atoms with Gasteiger partial charge in [0.15, 0.2) is 0 Å². The van der Waals surface area contributed by atoms with Crippen LogP contribution in [0, 0.1) is 0 Å². The number of methoxy groups -OCH3 is 1. The lowest BCUT2D eigenvalue weighted by Crippen LogP contribution is -2.25. The summed E-state index contributed by atoms with van der Waals surface area (Å²) < 4.78 is 10.7. The van der Waals surface area contributed by atoms with Crippen molar-refractivity contribution in [3.05, 3.63) is 29.8 Å². The molecule has 0 amide bonds. The highest BCUT2D eigenvalue weighted by molar-refractivity contribution is 5.33. The third kappa shape index (κ3) is 5.71. The van der Waals surface area contributed by atoms with E-state index in [0.29, 0.717) is 19.3 Å². The van der Waals surface area contributed by atoms with Crippen LogP contribution in [0.5, 0.6) is 5.75 Å². The minimum Gasteiger partial charge on any atom is -0.491 e. The fourth-order valence-electron chi connectivity index (χ4n) is 1.58. The predicted molar refractivity (Wildman–Crippen MR) is 70.7 cm³/mol. The molecule has 96 valence electrons. The van der Waals surface area contributed by atoms with E-state index in [2.05, 4.69) is 25.2 Å². The number of rotatable bonds is 8. The van der Waals surface area contributed by atoms with Gasteiger partial charge in [-0.2, -0.15) is 0 Å². The molecule has 0 aliphatic heterocycles. The molecule has 0 saturated carbocycles. The quantitative estimate of drug-likeness (QED) is 0.703. The molecule has 1 aromatic rings. The number of benzene rings is 1. The maximum atomic E-state index is 5.68. The van der Waals surface area contributed by atoms with Gasteiger partial charge >= 0.3 is 0 Å². The average Bonchev–Trinajstić information content (AvgIpc) is 2.31. The average molecular weight is 237 g/mol. The van der Waals surface area contributed by atoms with Gasteiger partial charge < -0.3 is 14.8 Å². The van der Waals surface area contributed by atoms with Crippen LogP contribution in [0.4, 0.5) is 0 Å². The summed E-state index contributed by atoms with van der Waals surface area (Å²) in [5.41, 5.74) is 1.25. The van der Waals surface area contributed by atoms with Crippen LogP contribution in [0.15, 0.2) is 24.3 Å². The van der Waals surface area contributed by atoms with Gasteiger partial charge in [-0.3, -0.25) is 0 Å². The van der Waals surface area contributed by atoms with Crippen molar-refractivity contribution in [1.29, 1.82) is 0 Å². The van der Waals surface area contributed by atoms with E-state index in [4.69, 9.17) is 9.47 Å². The Morgan fingerprint density at radius 3 is 2.65 bits per heavy atom. The Balaban J connectivity index is 2.46. The van der Waals surface area contributed by atoms with Gasteiger partial charge in [-0.25, -0.2) is 0 Å². The molecule has 1 aromatic carbocycles. The fraction of sp³-hybridized carbons (Fsp3) is 0.571. The molecule has 1 rings (SSSR count). The lowest BCUT2D eigenvalue weighted by molar-refractivity contribution is 0.146. The van der Waals surface area contributed by atoms with Crippen molar-refractivity contribution in [2.45, 2.75) is 26.3 Å². The van der Waals surface area contributed by atoms with Crippen molar-refractivity contribution in [2.75, 3.05) is 26.9 Å². The van der Waals surface area contributed by atoms with Crippen LogP contribution < -0.4 is 10.1 Å². The molecule has 0 fully saturated rings. The highest BCUT2D eigenvalue weighted by Crippen LogP contribution is 2.18. The second kappa shape index (κ2) is 8.09. The van der Waals surface area contributed by atoms with Crippen molar-refractivity contribution < 1.29 is 9.47 Å². The molecule has 3 heteroatoms. The summed E-state index contributed by atoms with van der Waals surface area (Å²) in [6.45, 7) is 6.51. The van der Waals surface area contributed by atoms with Crippen molar-refractivity contribution in [1.82, 2.24) is 5.32 Å². The molecule has 0 aliphatic carbocycles. The summed E-state index contributed by atoms with van der Waals surface area (Å²) in [6.07, 6.45) is 0.987. The molecule has 0 aliphatic rings. The van der Waals surface area contributed by atoms with Gasteiger partial charge in [0.25, 0.3) is 0 Å². The maximum absolute atomic E-state index is 5.68. The molecular weight excluding hydrogens is 214 g/mol. The summed E-state index contributed by atoms with van der Waals surface area (Å²) in [7, 11) is 1.68. The molecule has 1 N–H and O–H groups in total. The van der Waals surface area contributed by atoms with Crippen LogP contribution in [0.25, 0.3) is 0 Å². The van der Waals surface area contributed by atoms with Crippen molar-refractivity contribution >= 4 is 0 Å². The first-order valence-corrected chi connectivity index (χ1v) is 6.17. The van der Waals surface area contributed by atoms with E-state index in [9.17, 15) is 0 Å². The maximum Gasteiger partial charge on any atom is 0.122 e. The smallest absolute Gasteiger partial charge is 0.122 e. The van der Waals surface area contributed by atoms with Gasteiger partial charge in [-0.1, -0.05) is 32.0 Å². The normalized spacial score (nSPS) is 10.8. The van der Waals surface area contributed by atoms with Crippen LogP contribution >= 0.6 is 0 Å². The van der Waals surface area contributed by atoms with Gasteiger partial charge in [0.1, 0.15) is 12.4 Å². The topological polar surface area (TPSA) is 30.5 Å². The molecule has 0 bridgehead atoms. The Labute approximate surface area is 104 Å². The monoisotopic (exact) mass is 237 g/mol. The Morgan fingerprint density at radius 1 is 1.18 bits per heavy atom. The molecule has 0 spiro atoms. The standard InChI is InChI=1S/C14H23NO2/c1-12(2)15-9-8-13-6-4-5-7-14(13)17-11-10-16-3/h4-7,12,15H,8-11H2,1-3H3. The van der Waals surface area contributed by atoms with E-state index in [1.165, 1.54) is 5.56 Å². The first-order valence-electron chi connectivity index (χ1n) is 6.17. The summed E-state index contributed by atoms with van der Waals surface area (Å²) in [4.78, 5) is 0. The first-order chi connectivity index (χ1) is 8.24. The Morgan fingerprint density at radius 2 is 1.94 bits per heavy atom. The van der Waals surface area contributed by atoms with Crippen molar-refractivity contribution in [2.24, 2.45) is 0 Å². The Kier molecular flexibility index (Phi) is 6.67. The number of ether oxygens (including phenoxy) is 2. The number of nitrogens with one attached hydrogen (secondary N) is 1. The van der Waals surface area contributed by atoms with Crippen molar-refractivity contribution in [3.8, 4) is 5.75 Å². The predicted octanol–water partition coefficient (Wildman–Crippen LogP) is 2.25. The van der Waals surface area contributed by atoms with Gasteiger partial charge in [0.05, 0.1) is 6.61 Å².